The number of rotatable bonds is 2. The number of nitrogens with zero attached hydrogens (tertiary/aromatic N) is 2. The summed E-state index contributed by atoms with van der Waals surface area (Å²) in [7, 11) is 0. The van der Waals surface area contributed by atoms with Crippen LogP contribution in [0, 0.1) is 5.82 Å². The van der Waals surface area contributed by atoms with E-state index in [2.05, 4.69) is 10.2 Å². The molecule has 1 amide bonds. The fourth-order valence-corrected chi connectivity index (χ4v) is 3.57. The standard InChI is InChI=1S/C20H18FN3O2/c21-16-7-3-1-5-14(16)13-9-11-24(12-10-13)20(26)18-19(25)15-6-2-4-8-17(15)22-23-18/h1-8,13H,9-12H2,(H,22,25). The van der Waals surface area contributed by atoms with E-state index in [0.29, 0.717) is 42.4 Å². The van der Waals surface area contributed by atoms with Crippen LogP contribution in [-0.4, -0.2) is 34.1 Å². The zero-order valence-corrected chi connectivity index (χ0v) is 14.1. The van der Waals surface area contributed by atoms with E-state index in [-0.39, 0.29) is 28.8 Å². The maximum Gasteiger partial charge on any atom is 0.278 e. The number of fused-ring (bicyclic) bond motifs is 1. The fraction of sp³-hybridized carbons (Fsp3) is 0.250. The summed E-state index contributed by atoms with van der Waals surface area (Å²) in [5.41, 5.74) is 0.849. The summed E-state index contributed by atoms with van der Waals surface area (Å²) in [6, 6.07) is 13.7. The second-order valence-corrected chi connectivity index (χ2v) is 6.53. The fourth-order valence-electron chi connectivity index (χ4n) is 3.57. The largest absolute Gasteiger partial charge is 0.337 e. The van der Waals surface area contributed by atoms with Gasteiger partial charge >= 0.3 is 0 Å². The molecule has 132 valence electrons. The number of aromatic amines is 1. The van der Waals surface area contributed by atoms with E-state index in [4.69, 9.17) is 0 Å². The SMILES string of the molecule is O=C(c1n[nH]c2ccccc2c1=O)N1CCC(c2ccccc2F)CC1. The van der Waals surface area contributed by atoms with Gasteiger partial charge in [-0.25, -0.2) is 4.39 Å². The Hall–Kier alpha value is -3.02. The van der Waals surface area contributed by atoms with Crippen LogP contribution in [0.25, 0.3) is 10.9 Å². The molecule has 1 N–H and O–H groups in total. The number of likely N-dealkylation sites (tertiary alicyclic amines) is 1. The Balaban J connectivity index is 1.53. The molecule has 0 radical (unpaired) electrons. The Morgan fingerprint density at radius 3 is 2.54 bits per heavy atom. The lowest BCUT2D eigenvalue weighted by molar-refractivity contribution is 0.0704. The highest BCUT2D eigenvalue weighted by Gasteiger charge is 2.28. The number of H-pyrrole nitrogens is 1. The Labute approximate surface area is 149 Å². The van der Waals surface area contributed by atoms with Gasteiger partial charge in [0.05, 0.1) is 5.52 Å². The summed E-state index contributed by atoms with van der Waals surface area (Å²) in [6.45, 7) is 0.956. The summed E-state index contributed by atoms with van der Waals surface area (Å²) >= 11 is 0. The molecule has 1 aliphatic rings. The molecule has 2 aromatic carbocycles. The molecule has 2 heterocycles. The molecule has 1 aliphatic heterocycles. The van der Waals surface area contributed by atoms with E-state index in [1.165, 1.54) is 6.07 Å². The van der Waals surface area contributed by atoms with Gasteiger partial charge in [-0.05, 0) is 42.5 Å². The molecular weight excluding hydrogens is 333 g/mol. The predicted molar refractivity (Wildman–Crippen MR) is 96.6 cm³/mol. The number of amides is 1. The number of hydrogen-bond donors (Lipinski definition) is 1. The first kappa shape index (κ1) is 16.4. The number of halogens is 1. The molecule has 1 aromatic heterocycles. The minimum absolute atomic E-state index is 0.0862. The molecule has 0 spiro atoms. The van der Waals surface area contributed by atoms with Crippen molar-refractivity contribution < 1.29 is 9.18 Å². The minimum Gasteiger partial charge on any atom is -0.337 e. The minimum atomic E-state index is -0.371. The molecule has 0 bridgehead atoms. The summed E-state index contributed by atoms with van der Waals surface area (Å²) in [5, 5.41) is 7.21. The quantitative estimate of drug-likeness (QED) is 0.772. The van der Waals surface area contributed by atoms with E-state index in [1.807, 2.05) is 6.07 Å². The lowest BCUT2D eigenvalue weighted by atomic mass is 9.89. The molecule has 26 heavy (non-hydrogen) atoms. The average molecular weight is 351 g/mol. The molecule has 0 saturated carbocycles. The van der Waals surface area contributed by atoms with Crippen molar-refractivity contribution in [3.05, 3.63) is 75.8 Å². The van der Waals surface area contributed by atoms with Gasteiger partial charge in [-0.2, -0.15) is 5.10 Å². The highest BCUT2D eigenvalue weighted by molar-refractivity contribution is 5.95. The van der Waals surface area contributed by atoms with Crippen LogP contribution in [0.5, 0.6) is 0 Å². The van der Waals surface area contributed by atoms with Crippen LogP contribution in [0.2, 0.25) is 0 Å². The molecule has 0 unspecified atom stereocenters. The van der Waals surface area contributed by atoms with Gasteiger partial charge in [-0.15, -0.1) is 0 Å². The van der Waals surface area contributed by atoms with Crippen LogP contribution >= 0.6 is 0 Å². The van der Waals surface area contributed by atoms with E-state index >= 15 is 0 Å². The predicted octanol–water partition coefficient (Wildman–Crippen LogP) is 3.08. The van der Waals surface area contributed by atoms with Crippen LogP contribution in [0.1, 0.15) is 34.8 Å². The van der Waals surface area contributed by atoms with E-state index in [9.17, 15) is 14.0 Å². The van der Waals surface area contributed by atoms with Crippen LogP contribution < -0.4 is 5.43 Å². The molecular formula is C20H18FN3O2. The normalized spacial score (nSPS) is 15.3. The molecule has 1 saturated heterocycles. The van der Waals surface area contributed by atoms with Gasteiger partial charge in [0, 0.05) is 18.5 Å². The first-order valence-corrected chi connectivity index (χ1v) is 8.66. The zero-order chi connectivity index (χ0) is 18.1. The smallest absolute Gasteiger partial charge is 0.278 e. The first-order chi connectivity index (χ1) is 12.6. The van der Waals surface area contributed by atoms with Gasteiger partial charge in [-0.3, -0.25) is 14.7 Å². The Morgan fingerprint density at radius 1 is 1.08 bits per heavy atom. The number of benzene rings is 2. The molecule has 4 rings (SSSR count). The van der Waals surface area contributed by atoms with Crippen LogP contribution in [0.3, 0.4) is 0 Å². The molecule has 1 fully saturated rings. The summed E-state index contributed by atoms with van der Waals surface area (Å²) in [5.74, 6) is -0.489. The van der Waals surface area contributed by atoms with E-state index < -0.39 is 0 Å². The lowest BCUT2D eigenvalue weighted by Gasteiger charge is -2.32. The monoisotopic (exact) mass is 351 g/mol. The number of aromatic nitrogens is 2. The van der Waals surface area contributed by atoms with Gasteiger partial charge in [0.2, 0.25) is 5.43 Å². The summed E-state index contributed by atoms with van der Waals surface area (Å²) in [4.78, 5) is 26.9. The number of nitrogens with one attached hydrogen (secondary N) is 1. The van der Waals surface area contributed by atoms with Crippen molar-refractivity contribution in [2.24, 2.45) is 0 Å². The third-order valence-corrected chi connectivity index (χ3v) is 5.00. The van der Waals surface area contributed by atoms with Crippen molar-refractivity contribution in [3.8, 4) is 0 Å². The van der Waals surface area contributed by atoms with Gasteiger partial charge in [0.15, 0.2) is 5.69 Å². The Kier molecular flexibility index (Phi) is 4.24. The van der Waals surface area contributed by atoms with Crippen molar-refractivity contribution >= 4 is 16.8 Å². The number of para-hydroxylation sites is 1. The molecule has 0 aliphatic carbocycles. The van der Waals surface area contributed by atoms with Crippen LogP contribution in [-0.2, 0) is 0 Å². The third-order valence-electron chi connectivity index (χ3n) is 5.00. The Bertz CT molecular complexity index is 1020. The molecule has 5 nitrogen and oxygen atoms in total. The maximum atomic E-state index is 14.0. The Morgan fingerprint density at radius 2 is 1.77 bits per heavy atom. The van der Waals surface area contributed by atoms with E-state index in [1.54, 1.807) is 41.3 Å². The van der Waals surface area contributed by atoms with Crippen molar-refractivity contribution in [3.63, 3.8) is 0 Å². The highest BCUT2D eigenvalue weighted by atomic mass is 19.1. The average Bonchev–Trinajstić information content (AvgIpc) is 2.69. The van der Waals surface area contributed by atoms with Crippen LogP contribution in [0.15, 0.2) is 53.3 Å². The summed E-state index contributed by atoms with van der Waals surface area (Å²) < 4.78 is 14.0. The first-order valence-electron chi connectivity index (χ1n) is 8.66. The molecule has 3 aromatic rings. The summed E-state index contributed by atoms with van der Waals surface area (Å²) in [6.07, 6.45) is 1.33. The highest BCUT2D eigenvalue weighted by Crippen LogP contribution is 2.30. The maximum absolute atomic E-state index is 14.0. The second kappa shape index (κ2) is 6.71. The second-order valence-electron chi connectivity index (χ2n) is 6.53. The van der Waals surface area contributed by atoms with Gasteiger partial charge < -0.3 is 4.90 Å². The number of piperidine rings is 1. The molecule has 6 heteroatoms. The van der Waals surface area contributed by atoms with Crippen LogP contribution in [0.4, 0.5) is 4.39 Å². The van der Waals surface area contributed by atoms with Crippen molar-refractivity contribution in [1.82, 2.24) is 15.1 Å². The number of hydrogen-bond acceptors (Lipinski definition) is 3. The number of carbonyl (C=O) groups excluding carboxylic acids is 1. The van der Waals surface area contributed by atoms with E-state index in [0.717, 1.165) is 0 Å². The third kappa shape index (κ3) is 2.87. The lowest BCUT2D eigenvalue weighted by Crippen LogP contribution is -2.40. The number of carbonyl (C=O) groups is 1. The van der Waals surface area contributed by atoms with Gasteiger partial charge in [-0.1, -0.05) is 30.3 Å². The van der Waals surface area contributed by atoms with Crippen molar-refractivity contribution in [2.75, 3.05) is 13.1 Å². The zero-order valence-electron chi connectivity index (χ0n) is 14.1. The topological polar surface area (TPSA) is 66.1 Å². The van der Waals surface area contributed by atoms with Gasteiger partial charge in [0.1, 0.15) is 5.82 Å². The molecule has 0 atom stereocenters. The van der Waals surface area contributed by atoms with Gasteiger partial charge in [0.25, 0.3) is 5.91 Å². The van der Waals surface area contributed by atoms with Crippen molar-refractivity contribution in [1.29, 1.82) is 0 Å². The van der Waals surface area contributed by atoms with Crippen molar-refractivity contribution in [2.45, 2.75) is 18.8 Å².